The lowest BCUT2D eigenvalue weighted by atomic mass is 9.78. The zero-order valence-electron chi connectivity index (χ0n) is 23.1. The van der Waals surface area contributed by atoms with Crippen LogP contribution in [0.4, 0.5) is 5.69 Å². The minimum Gasteiger partial charge on any atom is -0.496 e. The molecule has 0 unspecified atom stereocenters. The normalized spacial score (nSPS) is 23.6. The number of amides is 1. The molecule has 0 saturated heterocycles. The molecule has 6 heteroatoms. The number of carbonyl (C=O) groups excluding carboxylic acids is 1. The predicted molar refractivity (Wildman–Crippen MR) is 160 cm³/mol. The van der Waals surface area contributed by atoms with Crippen molar-refractivity contribution in [3.63, 3.8) is 0 Å². The minimum atomic E-state index is -0.265. The number of aryl methyl sites for hydroxylation is 1. The molecule has 0 bridgehead atoms. The summed E-state index contributed by atoms with van der Waals surface area (Å²) in [5.41, 5.74) is 4.63. The number of aliphatic hydroxyl groups excluding tert-OH is 1. The summed E-state index contributed by atoms with van der Waals surface area (Å²) in [6.45, 7) is 2.87. The van der Waals surface area contributed by atoms with Crippen molar-refractivity contribution < 1.29 is 14.6 Å². The Morgan fingerprint density at radius 3 is 2.54 bits per heavy atom. The first-order chi connectivity index (χ1) is 19.0. The van der Waals surface area contributed by atoms with Crippen LogP contribution in [0.1, 0.15) is 79.0 Å². The molecule has 2 aliphatic rings. The fraction of sp³-hybridized carbons (Fsp3) is 0.455. The summed E-state index contributed by atoms with van der Waals surface area (Å²) in [5, 5.41) is 13.0. The van der Waals surface area contributed by atoms with E-state index in [4.69, 9.17) is 4.74 Å². The SMILES string of the molecule is COc1ccc(C2CCC(CN(C(=O)C3CCC(O)CC3)c3cccc(/C=C/c4nccs4)c3)CC2)cc1C. The fourth-order valence-electron chi connectivity index (χ4n) is 6.24. The number of ether oxygens (including phenoxy) is 1. The molecular weight excluding hydrogens is 504 g/mol. The van der Waals surface area contributed by atoms with Crippen LogP contribution in [0, 0.1) is 18.8 Å². The van der Waals surface area contributed by atoms with E-state index >= 15 is 0 Å². The van der Waals surface area contributed by atoms with Crippen LogP contribution >= 0.6 is 11.3 Å². The summed E-state index contributed by atoms with van der Waals surface area (Å²) in [4.78, 5) is 20.3. The number of hydrogen-bond acceptors (Lipinski definition) is 5. The minimum absolute atomic E-state index is 0.0125. The molecule has 0 radical (unpaired) electrons. The monoisotopic (exact) mass is 544 g/mol. The highest BCUT2D eigenvalue weighted by Crippen LogP contribution is 2.38. The largest absolute Gasteiger partial charge is 0.496 e. The van der Waals surface area contributed by atoms with Crippen LogP contribution in [0.2, 0.25) is 0 Å². The van der Waals surface area contributed by atoms with Crippen molar-refractivity contribution in [1.82, 2.24) is 4.98 Å². The van der Waals surface area contributed by atoms with Crippen LogP contribution < -0.4 is 9.64 Å². The number of hydrogen-bond donors (Lipinski definition) is 1. The van der Waals surface area contributed by atoms with Crippen molar-refractivity contribution in [3.8, 4) is 5.75 Å². The van der Waals surface area contributed by atoms with Crippen molar-refractivity contribution in [1.29, 1.82) is 0 Å². The Kier molecular flexibility index (Phi) is 9.15. The van der Waals surface area contributed by atoms with Crippen molar-refractivity contribution in [3.05, 3.63) is 75.7 Å². The van der Waals surface area contributed by atoms with Crippen LogP contribution in [0.25, 0.3) is 12.2 Å². The maximum atomic E-state index is 13.9. The number of benzene rings is 2. The van der Waals surface area contributed by atoms with E-state index in [1.54, 1.807) is 18.4 Å². The van der Waals surface area contributed by atoms with Crippen LogP contribution in [-0.2, 0) is 4.79 Å². The second-order valence-corrected chi connectivity index (χ2v) is 12.1. The molecule has 1 heterocycles. The average molecular weight is 545 g/mol. The third kappa shape index (κ3) is 6.98. The smallest absolute Gasteiger partial charge is 0.230 e. The summed E-state index contributed by atoms with van der Waals surface area (Å²) >= 11 is 1.61. The third-order valence-corrected chi connectivity index (χ3v) is 9.28. The first-order valence-corrected chi connectivity index (χ1v) is 15.2. The van der Waals surface area contributed by atoms with E-state index in [0.717, 1.165) is 67.1 Å². The van der Waals surface area contributed by atoms with Gasteiger partial charge in [-0.1, -0.05) is 30.3 Å². The number of aliphatic hydroxyl groups is 1. The van der Waals surface area contributed by atoms with Crippen molar-refractivity contribution >= 4 is 35.1 Å². The van der Waals surface area contributed by atoms with Gasteiger partial charge in [-0.05, 0) is 111 Å². The van der Waals surface area contributed by atoms with Crippen molar-refractivity contribution in [2.75, 3.05) is 18.6 Å². The van der Waals surface area contributed by atoms with Crippen molar-refractivity contribution in [2.45, 2.75) is 70.3 Å². The summed E-state index contributed by atoms with van der Waals surface area (Å²) < 4.78 is 5.45. The van der Waals surface area contributed by atoms with Gasteiger partial charge in [0.1, 0.15) is 10.8 Å². The Morgan fingerprint density at radius 1 is 1.05 bits per heavy atom. The molecule has 1 amide bonds. The standard InChI is InChI=1S/C33H40N2O3S/c1-23-20-28(13-16-31(23)38-2)26-9-6-25(7-10-26)22-35(33(37)27-11-14-30(36)15-12-27)29-5-3-4-24(21-29)8-17-32-34-18-19-39-32/h3-5,8,13,16-21,25-27,30,36H,6-7,9-12,14-15,22H2,1-2H3/b17-8+. The maximum Gasteiger partial charge on any atom is 0.230 e. The topological polar surface area (TPSA) is 62.7 Å². The molecule has 0 atom stereocenters. The number of carbonyl (C=O) groups is 1. The summed E-state index contributed by atoms with van der Waals surface area (Å²) in [5.74, 6) is 2.19. The molecule has 2 aromatic carbocycles. The van der Waals surface area contributed by atoms with Gasteiger partial charge in [0.15, 0.2) is 0 Å². The van der Waals surface area contributed by atoms with Gasteiger partial charge in [-0.25, -0.2) is 4.98 Å². The average Bonchev–Trinajstić information content (AvgIpc) is 3.49. The van der Waals surface area contributed by atoms with Gasteiger partial charge in [0.05, 0.1) is 13.2 Å². The van der Waals surface area contributed by atoms with Gasteiger partial charge in [0.25, 0.3) is 0 Å². The van der Waals surface area contributed by atoms with E-state index in [0.29, 0.717) is 24.7 Å². The Labute approximate surface area is 236 Å². The van der Waals surface area contributed by atoms with Crippen LogP contribution in [0.15, 0.2) is 54.0 Å². The molecule has 5 nitrogen and oxygen atoms in total. The highest BCUT2D eigenvalue weighted by atomic mass is 32.1. The predicted octanol–water partition coefficient (Wildman–Crippen LogP) is 7.49. The Bertz CT molecular complexity index is 1260. The summed E-state index contributed by atoms with van der Waals surface area (Å²) in [6.07, 6.45) is 13.1. The van der Waals surface area contributed by atoms with E-state index in [2.05, 4.69) is 59.3 Å². The molecule has 1 aromatic heterocycles. The molecule has 206 valence electrons. The van der Waals surface area contributed by atoms with Gasteiger partial charge >= 0.3 is 0 Å². The second-order valence-electron chi connectivity index (χ2n) is 11.2. The second kappa shape index (κ2) is 12.9. The lowest BCUT2D eigenvalue weighted by Gasteiger charge is -2.36. The molecule has 0 spiro atoms. The van der Waals surface area contributed by atoms with Gasteiger partial charge in [-0.15, -0.1) is 11.3 Å². The first-order valence-electron chi connectivity index (χ1n) is 14.3. The Morgan fingerprint density at radius 2 is 1.85 bits per heavy atom. The fourth-order valence-corrected chi connectivity index (χ4v) is 6.77. The molecule has 1 N–H and O–H groups in total. The highest BCUT2D eigenvalue weighted by molar-refractivity contribution is 7.10. The number of anilines is 1. The van der Waals surface area contributed by atoms with Crippen molar-refractivity contribution in [2.24, 2.45) is 11.8 Å². The quantitative estimate of drug-likeness (QED) is 0.319. The summed E-state index contributed by atoms with van der Waals surface area (Å²) in [7, 11) is 1.72. The van der Waals surface area contributed by atoms with Gasteiger partial charge in [0, 0.05) is 29.7 Å². The van der Waals surface area contributed by atoms with E-state index in [1.165, 1.54) is 11.1 Å². The molecule has 0 aliphatic heterocycles. The van der Waals surface area contributed by atoms with Crippen LogP contribution in [0.5, 0.6) is 5.75 Å². The first kappa shape index (κ1) is 27.6. The van der Waals surface area contributed by atoms with Gasteiger partial charge in [-0.2, -0.15) is 0 Å². The van der Waals surface area contributed by atoms with Gasteiger partial charge in [0.2, 0.25) is 5.91 Å². The van der Waals surface area contributed by atoms with E-state index in [9.17, 15) is 9.90 Å². The van der Waals surface area contributed by atoms with E-state index < -0.39 is 0 Å². The summed E-state index contributed by atoms with van der Waals surface area (Å²) in [6, 6.07) is 14.9. The molecule has 2 fully saturated rings. The van der Waals surface area contributed by atoms with Crippen LogP contribution in [0.3, 0.4) is 0 Å². The zero-order chi connectivity index (χ0) is 27.2. The van der Waals surface area contributed by atoms with Gasteiger partial charge < -0.3 is 14.7 Å². The van der Waals surface area contributed by atoms with Crippen LogP contribution in [-0.4, -0.2) is 35.8 Å². The van der Waals surface area contributed by atoms with E-state index in [1.807, 2.05) is 23.7 Å². The highest BCUT2D eigenvalue weighted by Gasteiger charge is 2.32. The Balaban J connectivity index is 1.30. The number of nitrogens with zero attached hydrogens (tertiary/aromatic N) is 2. The molecule has 5 rings (SSSR count). The lowest BCUT2D eigenvalue weighted by molar-refractivity contribution is -0.124. The molecule has 39 heavy (non-hydrogen) atoms. The Hall–Kier alpha value is -2.96. The maximum absolute atomic E-state index is 13.9. The zero-order valence-corrected chi connectivity index (χ0v) is 23.9. The number of rotatable bonds is 8. The lowest BCUT2D eigenvalue weighted by Crippen LogP contribution is -2.41. The molecular formula is C33H40N2O3S. The third-order valence-electron chi connectivity index (χ3n) is 8.54. The molecule has 2 aliphatic carbocycles. The molecule has 2 saturated carbocycles. The number of aromatic nitrogens is 1. The molecule has 3 aromatic rings. The number of thiazole rings is 1. The van der Waals surface area contributed by atoms with E-state index in [-0.39, 0.29) is 17.9 Å². The number of methoxy groups -OCH3 is 1. The van der Waals surface area contributed by atoms with Gasteiger partial charge in [-0.3, -0.25) is 4.79 Å².